The Morgan fingerprint density at radius 3 is 3.00 bits per heavy atom. The van der Waals surface area contributed by atoms with E-state index in [0.29, 0.717) is 5.46 Å². The second-order valence-corrected chi connectivity index (χ2v) is 2.63. The highest BCUT2D eigenvalue weighted by Crippen LogP contribution is 2.21. The summed E-state index contributed by atoms with van der Waals surface area (Å²) in [4.78, 5) is 0. The van der Waals surface area contributed by atoms with Gasteiger partial charge in [0.1, 0.15) is 0 Å². The van der Waals surface area contributed by atoms with Crippen molar-refractivity contribution in [3.05, 3.63) is 23.5 Å². The lowest BCUT2D eigenvalue weighted by Gasteiger charge is -2.00. The summed E-state index contributed by atoms with van der Waals surface area (Å²) >= 11 is 0. The van der Waals surface area contributed by atoms with Crippen LogP contribution >= 0.6 is 0 Å². The van der Waals surface area contributed by atoms with Gasteiger partial charge in [-0.1, -0.05) is 6.07 Å². The minimum Gasteiger partial charge on any atom is -0.505 e. The molecular formula is C7H6BFO3. The zero-order valence-corrected chi connectivity index (χ0v) is 6.12. The second kappa shape index (κ2) is 2.47. The molecule has 3 nitrogen and oxygen atoms in total. The lowest BCUT2D eigenvalue weighted by molar-refractivity contribution is 0.271. The van der Waals surface area contributed by atoms with Gasteiger partial charge in [-0.25, -0.2) is 4.39 Å². The van der Waals surface area contributed by atoms with E-state index >= 15 is 0 Å². The monoisotopic (exact) mass is 168 g/mol. The van der Waals surface area contributed by atoms with Crippen LogP contribution in [-0.4, -0.2) is 17.2 Å². The van der Waals surface area contributed by atoms with Crippen LogP contribution in [0.3, 0.4) is 0 Å². The van der Waals surface area contributed by atoms with Crippen LogP contribution in [0.1, 0.15) is 5.56 Å². The van der Waals surface area contributed by atoms with Gasteiger partial charge >= 0.3 is 7.12 Å². The van der Waals surface area contributed by atoms with Crippen molar-refractivity contribution in [2.75, 3.05) is 0 Å². The van der Waals surface area contributed by atoms with E-state index in [4.69, 9.17) is 14.8 Å². The Hall–Kier alpha value is -1.07. The Labute approximate surface area is 68.6 Å². The molecule has 0 radical (unpaired) electrons. The van der Waals surface area contributed by atoms with Gasteiger partial charge in [-0.2, -0.15) is 0 Å². The van der Waals surface area contributed by atoms with Crippen LogP contribution in [0.4, 0.5) is 4.39 Å². The van der Waals surface area contributed by atoms with Gasteiger partial charge < -0.3 is 14.8 Å². The number of hydrogen-bond donors (Lipinski definition) is 2. The highest BCUT2D eigenvalue weighted by molar-refractivity contribution is 6.61. The average molecular weight is 168 g/mol. The Kier molecular flexibility index (Phi) is 1.56. The van der Waals surface area contributed by atoms with Crippen molar-refractivity contribution < 1.29 is 19.2 Å². The summed E-state index contributed by atoms with van der Waals surface area (Å²) in [5.74, 6) is -1.12. The van der Waals surface area contributed by atoms with Crippen LogP contribution in [-0.2, 0) is 11.3 Å². The first-order valence-electron chi connectivity index (χ1n) is 3.50. The minimum absolute atomic E-state index is 0.0106. The van der Waals surface area contributed by atoms with Crippen molar-refractivity contribution in [2.45, 2.75) is 6.61 Å². The van der Waals surface area contributed by atoms with E-state index in [1.807, 2.05) is 0 Å². The fourth-order valence-corrected chi connectivity index (χ4v) is 1.25. The zero-order chi connectivity index (χ0) is 8.72. The predicted octanol–water partition coefficient (Wildman–Crippen LogP) is -0.251. The van der Waals surface area contributed by atoms with Gasteiger partial charge in [0.2, 0.25) is 0 Å². The summed E-state index contributed by atoms with van der Waals surface area (Å²) in [6.07, 6.45) is 0. The highest BCUT2D eigenvalue weighted by Gasteiger charge is 2.30. The molecule has 1 aromatic carbocycles. The topological polar surface area (TPSA) is 49.7 Å². The standard InChI is InChI=1S/C7H6BFO3/c9-7-4-3-12-8(11)5(4)1-2-6(7)10/h1-2,10-11H,3H2. The molecule has 1 aliphatic heterocycles. The van der Waals surface area contributed by atoms with Gasteiger partial charge in [-0.05, 0) is 11.5 Å². The molecule has 1 aliphatic rings. The molecule has 0 saturated carbocycles. The predicted molar refractivity (Wildman–Crippen MR) is 40.5 cm³/mol. The first kappa shape index (κ1) is 7.58. The number of hydrogen-bond acceptors (Lipinski definition) is 3. The van der Waals surface area contributed by atoms with Gasteiger partial charge in [0.15, 0.2) is 11.6 Å². The summed E-state index contributed by atoms with van der Waals surface area (Å²) in [5.41, 5.74) is 0.632. The van der Waals surface area contributed by atoms with Crippen molar-refractivity contribution in [2.24, 2.45) is 0 Å². The molecular weight excluding hydrogens is 162 g/mol. The molecule has 1 aromatic rings. The van der Waals surface area contributed by atoms with E-state index < -0.39 is 18.7 Å². The number of fused-ring (bicyclic) bond motifs is 1. The Balaban J connectivity index is 2.60. The fourth-order valence-electron chi connectivity index (χ4n) is 1.25. The lowest BCUT2D eigenvalue weighted by atomic mass is 9.79. The number of halogens is 1. The maximum absolute atomic E-state index is 13.0. The van der Waals surface area contributed by atoms with Crippen molar-refractivity contribution >= 4 is 12.6 Å². The lowest BCUT2D eigenvalue weighted by Crippen LogP contribution is -2.28. The van der Waals surface area contributed by atoms with E-state index in [-0.39, 0.29) is 12.2 Å². The Bertz CT molecular complexity index is 329. The summed E-state index contributed by atoms with van der Waals surface area (Å²) in [7, 11) is -1.06. The maximum atomic E-state index is 13.0. The maximum Gasteiger partial charge on any atom is 0.491 e. The number of aromatic hydroxyl groups is 1. The number of phenols is 1. The molecule has 0 saturated heterocycles. The van der Waals surface area contributed by atoms with E-state index in [1.165, 1.54) is 12.1 Å². The third kappa shape index (κ3) is 0.905. The molecule has 0 spiro atoms. The van der Waals surface area contributed by atoms with Gasteiger partial charge in [0, 0.05) is 5.56 Å². The van der Waals surface area contributed by atoms with Gasteiger partial charge in [0.05, 0.1) is 6.61 Å². The third-order valence-electron chi connectivity index (χ3n) is 1.91. The van der Waals surface area contributed by atoms with Gasteiger partial charge in [-0.3, -0.25) is 0 Å². The molecule has 2 rings (SSSR count). The second-order valence-electron chi connectivity index (χ2n) is 2.63. The van der Waals surface area contributed by atoms with E-state index in [1.54, 1.807) is 0 Å². The Morgan fingerprint density at radius 2 is 2.25 bits per heavy atom. The summed E-state index contributed by atoms with van der Waals surface area (Å²) in [5, 5.41) is 18.1. The number of benzene rings is 1. The van der Waals surface area contributed by atoms with Crippen LogP contribution in [0.15, 0.2) is 12.1 Å². The molecule has 12 heavy (non-hydrogen) atoms. The molecule has 0 atom stereocenters. The fraction of sp³-hybridized carbons (Fsp3) is 0.143. The van der Waals surface area contributed by atoms with E-state index in [2.05, 4.69) is 0 Å². The third-order valence-corrected chi connectivity index (χ3v) is 1.91. The first-order chi connectivity index (χ1) is 5.70. The molecule has 0 bridgehead atoms. The average Bonchev–Trinajstić information content (AvgIpc) is 2.41. The van der Waals surface area contributed by atoms with E-state index in [0.717, 1.165) is 0 Å². The summed E-state index contributed by atoms with van der Waals surface area (Å²) < 4.78 is 17.8. The quantitative estimate of drug-likeness (QED) is 0.525. The first-order valence-corrected chi connectivity index (χ1v) is 3.50. The summed E-state index contributed by atoms with van der Waals surface area (Å²) in [6, 6.07) is 2.65. The van der Waals surface area contributed by atoms with Crippen molar-refractivity contribution in [1.29, 1.82) is 0 Å². The van der Waals surface area contributed by atoms with Crippen molar-refractivity contribution in [1.82, 2.24) is 0 Å². The molecule has 2 N–H and O–H groups in total. The SMILES string of the molecule is OB1OCc2c1ccc(O)c2F. The normalized spacial score (nSPS) is 15.0. The summed E-state index contributed by atoms with van der Waals surface area (Å²) in [6.45, 7) is 0.0106. The molecule has 0 unspecified atom stereocenters. The molecule has 1 heterocycles. The smallest absolute Gasteiger partial charge is 0.491 e. The van der Waals surface area contributed by atoms with Crippen LogP contribution < -0.4 is 5.46 Å². The van der Waals surface area contributed by atoms with Gasteiger partial charge in [0.25, 0.3) is 0 Å². The molecule has 0 amide bonds. The zero-order valence-electron chi connectivity index (χ0n) is 6.12. The number of phenolic OH excluding ortho intramolecular Hbond substituents is 1. The molecule has 62 valence electrons. The van der Waals surface area contributed by atoms with Crippen molar-refractivity contribution in [3.63, 3.8) is 0 Å². The van der Waals surface area contributed by atoms with Crippen molar-refractivity contribution in [3.8, 4) is 5.75 Å². The minimum atomic E-state index is -1.06. The molecule has 0 fully saturated rings. The number of rotatable bonds is 0. The largest absolute Gasteiger partial charge is 0.505 e. The van der Waals surface area contributed by atoms with E-state index in [9.17, 15) is 4.39 Å². The van der Waals surface area contributed by atoms with Crippen LogP contribution in [0.2, 0.25) is 0 Å². The molecule has 5 heteroatoms. The Morgan fingerprint density at radius 1 is 1.50 bits per heavy atom. The highest BCUT2D eigenvalue weighted by atomic mass is 19.1. The molecule has 0 aliphatic carbocycles. The molecule has 0 aromatic heterocycles. The van der Waals surface area contributed by atoms with Gasteiger partial charge in [-0.15, -0.1) is 0 Å². The van der Waals surface area contributed by atoms with Crippen LogP contribution in [0.5, 0.6) is 5.75 Å². The van der Waals surface area contributed by atoms with Crippen LogP contribution in [0, 0.1) is 5.82 Å². The van der Waals surface area contributed by atoms with Crippen LogP contribution in [0.25, 0.3) is 0 Å².